The number of rotatable bonds is 7. The number of carboxylic acid groups (broad SMARTS) is 1. The number of aliphatic carboxylic acids is 1. The van der Waals surface area contributed by atoms with Gasteiger partial charge < -0.3 is 14.6 Å². The number of benzene rings is 2. The molecular formula is C24H28ClNO4. The zero-order valence-corrected chi connectivity index (χ0v) is 18.1. The molecule has 0 saturated carbocycles. The summed E-state index contributed by atoms with van der Waals surface area (Å²) in [6, 6.07) is 12.2. The van der Waals surface area contributed by atoms with Crippen molar-refractivity contribution in [2.24, 2.45) is 0 Å². The normalized spacial score (nSPS) is 17.5. The molecule has 1 fully saturated rings. The molecule has 0 unspecified atom stereocenters. The molecule has 0 radical (unpaired) electrons. The fourth-order valence-corrected chi connectivity index (χ4v) is 4.70. The molecule has 1 N–H and O–H groups in total. The molecule has 4 rings (SSSR count). The Kier molecular flexibility index (Phi) is 6.21. The molecular weight excluding hydrogens is 402 g/mol. The van der Waals surface area contributed by atoms with Crippen molar-refractivity contribution in [1.82, 2.24) is 4.90 Å². The summed E-state index contributed by atoms with van der Waals surface area (Å²) in [4.78, 5) is 13.0. The van der Waals surface area contributed by atoms with Crippen LogP contribution in [0.15, 0.2) is 36.4 Å². The van der Waals surface area contributed by atoms with Gasteiger partial charge in [0.1, 0.15) is 18.1 Å². The number of hydrogen-bond acceptors (Lipinski definition) is 4. The Labute approximate surface area is 182 Å². The maximum Gasteiger partial charge on any atom is 0.317 e. The van der Waals surface area contributed by atoms with Gasteiger partial charge in [-0.2, -0.15) is 0 Å². The monoisotopic (exact) mass is 429 g/mol. The lowest BCUT2D eigenvalue weighted by Gasteiger charge is -2.37. The van der Waals surface area contributed by atoms with Gasteiger partial charge in [-0.1, -0.05) is 43.1 Å². The largest absolute Gasteiger partial charge is 0.492 e. The van der Waals surface area contributed by atoms with Crippen LogP contribution in [0.3, 0.4) is 0 Å². The van der Waals surface area contributed by atoms with Crippen molar-refractivity contribution in [3.63, 3.8) is 0 Å². The van der Waals surface area contributed by atoms with E-state index in [1.807, 2.05) is 23.1 Å². The van der Waals surface area contributed by atoms with Gasteiger partial charge in [0.05, 0.1) is 13.2 Å². The fraction of sp³-hybridized carbons (Fsp3) is 0.458. The summed E-state index contributed by atoms with van der Waals surface area (Å²) >= 11 is 6.35. The number of piperidine rings is 1. The second kappa shape index (κ2) is 8.86. The zero-order valence-electron chi connectivity index (χ0n) is 17.3. The summed E-state index contributed by atoms with van der Waals surface area (Å²) in [6.07, 6.45) is 3.95. The molecule has 0 aliphatic carbocycles. The van der Waals surface area contributed by atoms with Gasteiger partial charge in [-0.3, -0.25) is 9.69 Å². The van der Waals surface area contributed by atoms with E-state index in [2.05, 4.69) is 25.1 Å². The number of fused-ring (bicyclic) bond motifs is 2. The van der Waals surface area contributed by atoms with Crippen molar-refractivity contribution in [3.05, 3.63) is 58.1 Å². The minimum atomic E-state index is -0.767. The Hall–Kier alpha value is -2.24. The maximum absolute atomic E-state index is 11.0. The molecule has 2 aliphatic heterocycles. The maximum atomic E-state index is 11.0. The lowest BCUT2D eigenvalue weighted by atomic mass is 9.74. The van der Waals surface area contributed by atoms with Crippen LogP contribution < -0.4 is 9.47 Å². The Morgan fingerprint density at radius 1 is 1.23 bits per heavy atom. The predicted octanol–water partition coefficient (Wildman–Crippen LogP) is 4.68. The Morgan fingerprint density at radius 2 is 2.03 bits per heavy atom. The molecule has 0 bridgehead atoms. The summed E-state index contributed by atoms with van der Waals surface area (Å²) in [5, 5.41) is 9.74. The van der Waals surface area contributed by atoms with Crippen LogP contribution in [-0.4, -0.2) is 42.2 Å². The first-order valence-electron chi connectivity index (χ1n) is 10.6. The Bertz CT molecular complexity index is 921. The van der Waals surface area contributed by atoms with Gasteiger partial charge in [0, 0.05) is 27.6 Å². The van der Waals surface area contributed by atoms with E-state index < -0.39 is 5.97 Å². The second-order valence-electron chi connectivity index (χ2n) is 8.36. The topological polar surface area (TPSA) is 59.0 Å². The molecule has 5 nitrogen and oxygen atoms in total. The molecule has 1 spiro atoms. The number of hydrogen-bond donors (Lipinski definition) is 1. The first-order chi connectivity index (χ1) is 14.5. The summed E-state index contributed by atoms with van der Waals surface area (Å²) in [7, 11) is 0. The Balaban J connectivity index is 1.42. The van der Waals surface area contributed by atoms with Crippen LogP contribution >= 0.6 is 11.6 Å². The lowest BCUT2D eigenvalue weighted by molar-refractivity contribution is -0.138. The third-order valence-electron chi connectivity index (χ3n) is 6.24. The Morgan fingerprint density at radius 3 is 2.77 bits per heavy atom. The van der Waals surface area contributed by atoms with Crippen LogP contribution in [-0.2, 0) is 23.2 Å². The van der Waals surface area contributed by atoms with Gasteiger partial charge >= 0.3 is 5.97 Å². The first kappa shape index (κ1) is 21.0. The summed E-state index contributed by atoms with van der Waals surface area (Å²) in [5.41, 5.74) is 3.47. The van der Waals surface area contributed by atoms with Crippen molar-refractivity contribution in [1.29, 1.82) is 0 Å². The molecule has 2 aromatic rings. The molecule has 0 amide bonds. The van der Waals surface area contributed by atoms with Crippen LogP contribution in [0.2, 0.25) is 5.02 Å². The molecule has 2 aliphatic rings. The van der Waals surface area contributed by atoms with Crippen LogP contribution in [0.5, 0.6) is 11.5 Å². The highest BCUT2D eigenvalue weighted by Crippen LogP contribution is 2.46. The van der Waals surface area contributed by atoms with E-state index in [1.165, 1.54) is 11.1 Å². The molecule has 30 heavy (non-hydrogen) atoms. The summed E-state index contributed by atoms with van der Waals surface area (Å²) in [6.45, 7) is 4.90. The molecule has 1 saturated heterocycles. The lowest BCUT2D eigenvalue weighted by Crippen LogP contribution is -2.45. The van der Waals surface area contributed by atoms with Crippen molar-refractivity contribution in [2.45, 2.75) is 44.6 Å². The first-order valence-corrected chi connectivity index (χ1v) is 11.0. The zero-order chi connectivity index (χ0) is 21.1. The van der Waals surface area contributed by atoms with E-state index in [0.29, 0.717) is 13.2 Å². The smallest absolute Gasteiger partial charge is 0.317 e. The van der Waals surface area contributed by atoms with E-state index in [9.17, 15) is 4.79 Å². The SMILES string of the molecule is CCCc1ccc(Cl)c(COc2ccc3c(c2)OCC32CCN(CC(=O)O)CC2)c1. The molecule has 160 valence electrons. The average molecular weight is 430 g/mol. The number of halogens is 1. The molecule has 0 atom stereocenters. The van der Waals surface area contributed by atoms with E-state index in [-0.39, 0.29) is 12.0 Å². The predicted molar refractivity (Wildman–Crippen MR) is 117 cm³/mol. The van der Waals surface area contributed by atoms with Crippen molar-refractivity contribution < 1.29 is 19.4 Å². The number of ether oxygens (including phenoxy) is 2. The molecule has 6 heteroatoms. The number of nitrogens with zero attached hydrogens (tertiary/aromatic N) is 1. The highest BCUT2D eigenvalue weighted by Gasteiger charge is 2.43. The second-order valence-corrected chi connectivity index (χ2v) is 8.77. The van der Waals surface area contributed by atoms with Gasteiger partial charge in [-0.05, 0) is 50.0 Å². The minimum Gasteiger partial charge on any atom is -0.492 e. The fourth-order valence-electron chi connectivity index (χ4n) is 4.53. The molecule has 2 aromatic carbocycles. The average Bonchev–Trinajstić information content (AvgIpc) is 3.08. The molecule has 0 aromatic heterocycles. The van der Waals surface area contributed by atoms with Crippen LogP contribution in [0.4, 0.5) is 0 Å². The third-order valence-corrected chi connectivity index (χ3v) is 6.61. The van der Waals surface area contributed by atoms with Gasteiger partial charge in [-0.15, -0.1) is 0 Å². The van der Waals surface area contributed by atoms with Crippen LogP contribution in [0.25, 0.3) is 0 Å². The van der Waals surface area contributed by atoms with Gasteiger partial charge in [0.15, 0.2) is 0 Å². The standard InChI is InChI=1S/C24H28ClNO4/c1-2-3-17-4-7-21(25)18(12-17)15-29-19-5-6-20-22(13-19)30-16-24(20)8-10-26(11-9-24)14-23(27)28/h4-7,12-13H,2-3,8-11,14-16H2,1H3,(H,27,28). The highest BCUT2D eigenvalue weighted by molar-refractivity contribution is 6.31. The number of likely N-dealkylation sites (tertiary alicyclic amines) is 1. The highest BCUT2D eigenvalue weighted by atomic mass is 35.5. The van der Waals surface area contributed by atoms with E-state index in [1.54, 1.807) is 0 Å². The third kappa shape index (κ3) is 4.42. The van der Waals surface area contributed by atoms with Crippen molar-refractivity contribution >= 4 is 17.6 Å². The molecule has 2 heterocycles. The quantitative estimate of drug-likeness (QED) is 0.692. The van der Waals surface area contributed by atoms with Crippen LogP contribution in [0.1, 0.15) is 42.9 Å². The van der Waals surface area contributed by atoms with Gasteiger partial charge in [0.2, 0.25) is 0 Å². The van der Waals surface area contributed by atoms with Crippen molar-refractivity contribution in [3.8, 4) is 11.5 Å². The number of carbonyl (C=O) groups is 1. The van der Waals surface area contributed by atoms with Crippen molar-refractivity contribution in [2.75, 3.05) is 26.2 Å². The minimum absolute atomic E-state index is 0.0132. The number of aryl methyl sites for hydroxylation is 1. The van der Waals surface area contributed by atoms with Gasteiger partial charge in [-0.25, -0.2) is 0 Å². The van der Waals surface area contributed by atoms with E-state index >= 15 is 0 Å². The summed E-state index contributed by atoms with van der Waals surface area (Å²) < 4.78 is 12.1. The summed E-state index contributed by atoms with van der Waals surface area (Å²) in [5.74, 6) is 0.882. The van der Waals surface area contributed by atoms with E-state index in [0.717, 1.165) is 60.9 Å². The van der Waals surface area contributed by atoms with Crippen LogP contribution in [0, 0.1) is 0 Å². The number of carboxylic acids is 1. The van der Waals surface area contributed by atoms with Gasteiger partial charge in [0.25, 0.3) is 0 Å². The van der Waals surface area contributed by atoms with E-state index in [4.69, 9.17) is 26.2 Å².